The minimum absolute atomic E-state index is 0.121. The van der Waals surface area contributed by atoms with E-state index >= 15 is 0 Å². The van der Waals surface area contributed by atoms with Gasteiger partial charge in [-0.05, 0) is 87.4 Å². The standard InChI is InChI=1S/C27H31Cl2FN2O3/c1-27(2,3)35-26(34)31-11-9-21(10-12-31)32-13-8-18(25(32)33)14-22-23(28)15-19(16-24(22)29)17-4-6-20(30)7-5-17/h4-7,15-16,18,21H,8-14H2,1-3H3. The van der Waals surface area contributed by atoms with Gasteiger partial charge in [0.15, 0.2) is 0 Å². The van der Waals surface area contributed by atoms with Gasteiger partial charge < -0.3 is 14.5 Å². The number of rotatable bonds is 4. The molecule has 2 saturated heterocycles. The van der Waals surface area contributed by atoms with Gasteiger partial charge in [-0.3, -0.25) is 4.79 Å². The van der Waals surface area contributed by atoms with E-state index < -0.39 is 5.60 Å². The summed E-state index contributed by atoms with van der Waals surface area (Å²) in [5.74, 6) is -0.358. The number of piperidine rings is 1. The van der Waals surface area contributed by atoms with E-state index in [0.29, 0.717) is 36.1 Å². The third-order valence-electron chi connectivity index (χ3n) is 6.68. The summed E-state index contributed by atoms with van der Waals surface area (Å²) in [5, 5.41) is 1.02. The molecule has 4 rings (SSSR count). The van der Waals surface area contributed by atoms with E-state index in [-0.39, 0.29) is 29.8 Å². The van der Waals surface area contributed by atoms with Gasteiger partial charge in [-0.1, -0.05) is 35.3 Å². The van der Waals surface area contributed by atoms with Crippen molar-refractivity contribution in [1.29, 1.82) is 0 Å². The molecule has 0 spiro atoms. The van der Waals surface area contributed by atoms with Crippen molar-refractivity contribution in [3.63, 3.8) is 0 Å². The topological polar surface area (TPSA) is 49.9 Å². The Morgan fingerprint density at radius 3 is 2.17 bits per heavy atom. The van der Waals surface area contributed by atoms with Crippen molar-refractivity contribution in [1.82, 2.24) is 9.80 Å². The highest BCUT2D eigenvalue weighted by Gasteiger charge is 2.38. The van der Waals surface area contributed by atoms with Crippen LogP contribution in [0.5, 0.6) is 0 Å². The van der Waals surface area contributed by atoms with Crippen molar-refractivity contribution < 1.29 is 18.7 Å². The third kappa shape index (κ3) is 6.10. The Morgan fingerprint density at radius 1 is 1.00 bits per heavy atom. The molecule has 2 amide bonds. The predicted molar refractivity (Wildman–Crippen MR) is 136 cm³/mol. The van der Waals surface area contributed by atoms with Gasteiger partial charge in [-0.15, -0.1) is 0 Å². The molecule has 0 radical (unpaired) electrons. The summed E-state index contributed by atoms with van der Waals surface area (Å²) in [4.78, 5) is 29.3. The first-order valence-corrected chi connectivity index (χ1v) is 12.8. The van der Waals surface area contributed by atoms with Crippen LogP contribution < -0.4 is 0 Å². The van der Waals surface area contributed by atoms with Gasteiger partial charge in [0, 0.05) is 41.6 Å². The summed E-state index contributed by atoms with van der Waals surface area (Å²) in [5.41, 5.74) is 1.87. The number of amides is 2. The average molecular weight is 521 g/mol. The van der Waals surface area contributed by atoms with Gasteiger partial charge in [0.2, 0.25) is 5.91 Å². The fourth-order valence-corrected chi connectivity index (χ4v) is 5.50. The number of halogens is 3. The second kappa shape index (κ2) is 10.4. The quantitative estimate of drug-likeness (QED) is 0.456. The molecule has 2 fully saturated rings. The zero-order valence-corrected chi connectivity index (χ0v) is 21.8. The average Bonchev–Trinajstić information content (AvgIpc) is 3.15. The summed E-state index contributed by atoms with van der Waals surface area (Å²) in [6, 6.07) is 9.92. The normalized spacial score (nSPS) is 19.4. The van der Waals surface area contributed by atoms with Crippen molar-refractivity contribution in [3.05, 3.63) is 57.8 Å². The molecule has 1 unspecified atom stereocenters. The summed E-state index contributed by atoms with van der Waals surface area (Å²) in [7, 11) is 0. The lowest BCUT2D eigenvalue weighted by atomic mass is 9.95. The van der Waals surface area contributed by atoms with E-state index in [2.05, 4.69) is 0 Å². The van der Waals surface area contributed by atoms with Gasteiger partial charge >= 0.3 is 6.09 Å². The zero-order chi connectivity index (χ0) is 25.3. The maximum atomic E-state index is 13.3. The molecular formula is C27H31Cl2FN2O3. The van der Waals surface area contributed by atoms with Crippen LogP contribution in [0.4, 0.5) is 9.18 Å². The maximum absolute atomic E-state index is 13.3. The zero-order valence-electron chi connectivity index (χ0n) is 20.3. The molecule has 0 bridgehead atoms. The van der Waals surface area contributed by atoms with E-state index in [4.69, 9.17) is 27.9 Å². The molecule has 1 atom stereocenters. The molecule has 35 heavy (non-hydrogen) atoms. The van der Waals surface area contributed by atoms with Crippen LogP contribution in [-0.4, -0.2) is 53.1 Å². The molecule has 0 saturated carbocycles. The van der Waals surface area contributed by atoms with Crippen LogP contribution in [0.3, 0.4) is 0 Å². The van der Waals surface area contributed by atoms with E-state index in [0.717, 1.165) is 36.0 Å². The number of carbonyl (C=O) groups excluding carboxylic acids is 2. The Bertz CT molecular complexity index is 1070. The molecule has 2 aliphatic heterocycles. The Morgan fingerprint density at radius 2 is 1.60 bits per heavy atom. The number of likely N-dealkylation sites (tertiary alicyclic amines) is 2. The van der Waals surface area contributed by atoms with Crippen LogP contribution in [-0.2, 0) is 16.0 Å². The fraction of sp³-hybridized carbons (Fsp3) is 0.481. The van der Waals surface area contributed by atoms with Gasteiger partial charge in [0.05, 0.1) is 0 Å². The Labute approximate surface area is 216 Å². The summed E-state index contributed by atoms with van der Waals surface area (Å²) in [6.45, 7) is 7.43. The monoisotopic (exact) mass is 520 g/mol. The van der Waals surface area contributed by atoms with Crippen LogP contribution in [0, 0.1) is 11.7 Å². The second-order valence-corrected chi connectivity index (χ2v) is 11.2. The molecule has 2 aromatic rings. The first-order chi connectivity index (χ1) is 16.5. The second-order valence-electron chi connectivity index (χ2n) is 10.3. The minimum Gasteiger partial charge on any atom is -0.444 e. The lowest BCUT2D eigenvalue weighted by Gasteiger charge is -2.37. The molecule has 0 aliphatic carbocycles. The molecule has 2 aliphatic rings. The maximum Gasteiger partial charge on any atom is 0.410 e. The lowest BCUT2D eigenvalue weighted by molar-refractivity contribution is -0.133. The predicted octanol–water partition coefficient (Wildman–Crippen LogP) is 6.59. The highest BCUT2D eigenvalue weighted by molar-refractivity contribution is 6.36. The number of carbonyl (C=O) groups is 2. The van der Waals surface area contributed by atoms with Crippen molar-refractivity contribution >= 4 is 35.2 Å². The largest absolute Gasteiger partial charge is 0.444 e. The molecule has 0 N–H and O–H groups in total. The molecule has 188 valence electrons. The molecule has 5 nitrogen and oxygen atoms in total. The van der Waals surface area contributed by atoms with Crippen molar-refractivity contribution in [2.45, 2.75) is 58.1 Å². The fourth-order valence-electron chi connectivity index (χ4n) is 4.86. The van der Waals surface area contributed by atoms with Crippen molar-refractivity contribution in [2.75, 3.05) is 19.6 Å². The third-order valence-corrected chi connectivity index (χ3v) is 7.35. The first-order valence-electron chi connectivity index (χ1n) is 12.0. The molecular weight excluding hydrogens is 490 g/mol. The summed E-state index contributed by atoms with van der Waals surface area (Å²) < 4.78 is 18.7. The van der Waals surface area contributed by atoms with Crippen LogP contribution in [0.15, 0.2) is 36.4 Å². The van der Waals surface area contributed by atoms with E-state index in [1.165, 1.54) is 12.1 Å². The Balaban J connectivity index is 1.37. The number of hydrogen-bond donors (Lipinski definition) is 0. The number of nitrogens with zero attached hydrogens (tertiary/aromatic N) is 2. The molecule has 2 aromatic carbocycles. The van der Waals surface area contributed by atoms with Crippen LogP contribution in [0.1, 0.15) is 45.6 Å². The summed E-state index contributed by atoms with van der Waals surface area (Å²) in [6.07, 6.45) is 2.41. The van der Waals surface area contributed by atoms with Gasteiger partial charge in [-0.2, -0.15) is 0 Å². The molecule has 0 aromatic heterocycles. The highest BCUT2D eigenvalue weighted by atomic mass is 35.5. The van der Waals surface area contributed by atoms with Crippen molar-refractivity contribution in [3.8, 4) is 11.1 Å². The first kappa shape index (κ1) is 25.8. The van der Waals surface area contributed by atoms with Gasteiger partial charge in [0.25, 0.3) is 0 Å². The van der Waals surface area contributed by atoms with Crippen LogP contribution in [0.25, 0.3) is 11.1 Å². The highest BCUT2D eigenvalue weighted by Crippen LogP contribution is 2.36. The van der Waals surface area contributed by atoms with Gasteiger partial charge in [-0.25, -0.2) is 9.18 Å². The van der Waals surface area contributed by atoms with Crippen molar-refractivity contribution in [2.24, 2.45) is 5.92 Å². The smallest absolute Gasteiger partial charge is 0.410 e. The van der Waals surface area contributed by atoms with Crippen LogP contribution >= 0.6 is 23.2 Å². The van der Waals surface area contributed by atoms with Crippen LogP contribution in [0.2, 0.25) is 10.0 Å². The van der Waals surface area contributed by atoms with E-state index in [1.54, 1.807) is 17.0 Å². The lowest BCUT2D eigenvalue weighted by Crippen LogP contribution is -2.48. The Hall–Kier alpha value is -2.31. The Kier molecular flexibility index (Phi) is 7.62. The number of ether oxygens (including phenoxy) is 1. The summed E-state index contributed by atoms with van der Waals surface area (Å²) >= 11 is 13.2. The number of hydrogen-bond acceptors (Lipinski definition) is 3. The molecule has 2 heterocycles. The van der Waals surface area contributed by atoms with E-state index in [1.807, 2.05) is 37.8 Å². The van der Waals surface area contributed by atoms with E-state index in [9.17, 15) is 14.0 Å². The molecule has 8 heteroatoms. The minimum atomic E-state index is -0.522. The SMILES string of the molecule is CC(C)(C)OC(=O)N1CCC(N2CCC(Cc3c(Cl)cc(-c4ccc(F)cc4)cc3Cl)C2=O)CC1. The van der Waals surface area contributed by atoms with Gasteiger partial charge in [0.1, 0.15) is 11.4 Å². The number of benzene rings is 2.